The molecule has 274 valence electrons. The number of halogens is 1. The van der Waals surface area contributed by atoms with Crippen LogP contribution in [0.1, 0.15) is 87.3 Å². The molecular formula is C39H52FN7O4. The molecule has 1 aliphatic heterocycles. The largest absolute Gasteiger partial charge is 0.344 e. The van der Waals surface area contributed by atoms with E-state index >= 15 is 4.39 Å². The molecule has 3 atom stereocenters. The van der Waals surface area contributed by atoms with E-state index in [1.807, 2.05) is 25.1 Å². The first-order valence-corrected chi connectivity index (χ1v) is 18.3. The van der Waals surface area contributed by atoms with Crippen LogP contribution in [0.15, 0.2) is 60.8 Å². The van der Waals surface area contributed by atoms with Gasteiger partial charge in [0.1, 0.15) is 23.6 Å². The number of anilines is 1. The SMILES string of the molecule is CCC(=O)NC(C(=O)N1CCN(Cc2ccccc2)CC1)[C@@H](C)c1ccc(NC(=O)[C@@H](NC(=O)c2ccnn2CC)[C@H]2CC[C@H](C)CC2)c(F)c1. The van der Waals surface area contributed by atoms with E-state index in [1.165, 1.54) is 17.7 Å². The van der Waals surface area contributed by atoms with Crippen LogP contribution in [0.25, 0.3) is 0 Å². The second kappa shape index (κ2) is 17.6. The van der Waals surface area contributed by atoms with E-state index in [1.54, 1.807) is 41.8 Å². The summed E-state index contributed by atoms with van der Waals surface area (Å²) in [6, 6.07) is 14.5. The van der Waals surface area contributed by atoms with E-state index in [0.29, 0.717) is 49.9 Å². The van der Waals surface area contributed by atoms with Gasteiger partial charge in [0.15, 0.2) is 0 Å². The van der Waals surface area contributed by atoms with E-state index in [9.17, 15) is 19.2 Å². The molecule has 2 aliphatic rings. The van der Waals surface area contributed by atoms with Gasteiger partial charge in [-0.3, -0.25) is 28.8 Å². The summed E-state index contributed by atoms with van der Waals surface area (Å²) in [5.74, 6) is -2.13. The minimum absolute atomic E-state index is 0.0204. The van der Waals surface area contributed by atoms with Crippen molar-refractivity contribution in [3.63, 3.8) is 0 Å². The minimum atomic E-state index is -0.886. The zero-order valence-electron chi connectivity index (χ0n) is 30.2. The third-order valence-corrected chi connectivity index (χ3v) is 10.5. The third kappa shape index (κ3) is 9.61. The highest BCUT2D eigenvalue weighted by Gasteiger charge is 2.35. The molecule has 3 N–H and O–H groups in total. The maximum Gasteiger partial charge on any atom is 0.270 e. The molecule has 1 saturated carbocycles. The van der Waals surface area contributed by atoms with Crippen LogP contribution in [-0.2, 0) is 27.5 Å². The van der Waals surface area contributed by atoms with Crippen LogP contribution in [0.3, 0.4) is 0 Å². The first-order valence-electron chi connectivity index (χ1n) is 18.3. The van der Waals surface area contributed by atoms with E-state index in [0.717, 1.165) is 32.2 Å². The van der Waals surface area contributed by atoms with Crippen LogP contribution >= 0.6 is 0 Å². The lowest BCUT2D eigenvalue weighted by Gasteiger charge is -2.37. The lowest BCUT2D eigenvalue weighted by molar-refractivity contribution is -0.138. The van der Waals surface area contributed by atoms with Crippen molar-refractivity contribution in [3.8, 4) is 0 Å². The van der Waals surface area contributed by atoms with Crippen LogP contribution < -0.4 is 16.0 Å². The van der Waals surface area contributed by atoms with Crippen molar-refractivity contribution >= 4 is 29.3 Å². The third-order valence-electron chi connectivity index (χ3n) is 10.5. The Labute approximate surface area is 300 Å². The molecule has 51 heavy (non-hydrogen) atoms. The van der Waals surface area contributed by atoms with Crippen molar-refractivity contribution in [2.75, 3.05) is 31.5 Å². The molecular weight excluding hydrogens is 649 g/mol. The van der Waals surface area contributed by atoms with Gasteiger partial charge in [-0.25, -0.2) is 4.39 Å². The zero-order valence-corrected chi connectivity index (χ0v) is 30.2. The predicted octanol–water partition coefficient (Wildman–Crippen LogP) is 4.95. The van der Waals surface area contributed by atoms with Gasteiger partial charge in [0.05, 0.1) is 5.69 Å². The number of carbonyl (C=O) groups excluding carboxylic acids is 4. The van der Waals surface area contributed by atoms with Crippen LogP contribution in [0, 0.1) is 17.7 Å². The summed E-state index contributed by atoms with van der Waals surface area (Å²) in [5.41, 5.74) is 2.07. The molecule has 12 heteroatoms. The molecule has 5 rings (SSSR count). The molecule has 0 spiro atoms. The van der Waals surface area contributed by atoms with Crippen molar-refractivity contribution in [3.05, 3.63) is 83.4 Å². The molecule has 2 fully saturated rings. The summed E-state index contributed by atoms with van der Waals surface area (Å²) in [6.45, 7) is 11.3. The lowest BCUT2D eigenvalue weighted by atomic mass is 9.79. The molecule has 1 aliphatic carbocycles. The highest BCUT2D eigenvalue weighted by atomic mass is 19.1. The molecule has 2 heterocycles. The number of nitrogens with one attached hydrogen (secondary N) is 3. The Hall–Kier alpha value is -4.58. The fourth-order valence-corrected chi connectivity index (χ4v) is 7.17. The fourth-order valence-electron chi connectivity index (χ4n) is 7.17. The van der Waals surface area contributed by atoms with Crippen molar-refractivity contribution in [2.24, 2.45) is 11.8 Å². The van der Waals surface area contributed by atoms with E-state index in [-0.39, 0.29) is 29.8 Å². The predicted molar refractivity (Wildman–Crippen MR) is 194 cm³/mol. The number of benzene rings is 2. The summed E-state index contributed by atoms with van der Waals surface area (Å²) >= 11 is 0. The molecule has 4 amide bonds. The van der Waals surface area contributed by atoms with Gasteiger partial charge in [-0.05, 0) is 60.9 Å². The first kappa shape index (κ1) is 37.7. The smallest absolute Gasteiger partial charge is 0.270 e. The minimum Gasteiger partial charge on any atom is -0.344 e. The van der Waals surface area contributed by atoms with Crippen LogP contribution in [0.4, 0.5) is 10.1 Å². The Kier molecular flexibility index (Phi) is 13.0. The molecule has 11 nitrogen and oxygen atoms in total. The van der Waals surface area contributed by atoms with Crippen molar-refractivity contribution < 1.29 is 23.6 Å². The molecule has 0 bridgehead atoms. The van der Waals surface area contributed by atoms with E-state index < -0.39 is 35.6 Å². The number of aryl methyl sites for hydroxylation is 1. The average Bonchev–Trinajstić information content (AvgIpc) is 3.63. The monoisotopic (exact) mass is 701 g/mol. The van der Waals surface area contributed by atoms with Crippen molar-refractivity contribution in [2.45, 2.75) is 90.9 Å². The second-order valence-electron chi connectivity index (χ2n) is 14.0. The quantitative estimate of drug-likeness (QED) is 0.232. The molecule has 1 saturated heterocycles. The standard InChI is InChI=1S/C39H52FN7O4/c1-5-34(48)43-35(39(51)46-22-20-45(21-23-46)25-28-10-8-7-9-11-28)27(4)30-16-17-32(31(40)24-30)42-38(50)36(29-14-12-26(3)13-15-29)44-37(49)33-18-19-41-47(33)6-2/h7-11,16-19,24,26-27,29,35-36H,5-6,12-15,20-23,25H2,1-4H3,(H,42,50)(H,43,48)(H,44,49)/t26-,27-,29-,35?,36-/m0/s1. The van der Waals surface area contributed by atoms with Gasteiger partial charge in [-0.2, -0.15) is 5.10 Å². The van der Waals surface area contributed by atoms with E-state index in [4.69, 9.17) is 0 Å². The highest BCUT2D eigenvalue weighted by Crippen LogP contribution is 2.32. The Balaban J connectivity index is 1.27. The number of carbonyl (C=O) groups is 4. The van der Waals surface area contributed by atoms with Gasteiger partial charge in [0.25, 0.3) is 5.91 Å². The van der Waals surface area contributed by atoms with Gasteiger partial charge in [-0.15, -0.1) is 0 Å². The molecule has 1 aromatic heterocycles. The Morgan fingerprint density at radius 3 is 2.27 bits per heavy atom. The summed E-state index contributed by atoms with van der Waals surface area (Å²) < 4.78 is 17.3. The molecule has 0 radical (unpaired) electrons. The topological polar surface area (TPSA) is 129 Å². The summed E-state index contributed by atoms with van der Waals surface area (Å²) in [6.07, 6.45) is 5.18. The van der Waals surface area contributed by atoms with Crippen LogP contribution in [0.2, 0.25) is 0 Å². The number of piperazine rings is 1. The number of hydrogen-bond acceptors (Lipinski definition) is 6. The summed E-state index contributed by atoms with van der Waals surface area (Å²) in [4.78, 5) is 57.6. The number of nitrogens with zero attached hydrogens (tertiary/aromatic N) is 4. The number of rotatable bonds is 13. The number of hydrogen-bond donors (Lipinski definition) is 3. The first-order chi connectivity index (χ1) is 24.6. The highest BCUT2D eigenvalue weighted by molar-refractivity contribution is 6.00. The fraction of sp³-hybridized carbons (Fsp3) is 0.513. The van der Waals surface area contributed by atoms with Gasteiger partial charge in [0, 0.05) is 57.8 Å². The Morgan fingerprint density at radius 2 is 1.63 bits per heavy atom. The molecule has 2 aromatic carbocycles. The normalized spacial score (nSPS) is 19.8. The van der Waals surface area contributed by atoms with Crippen LogP contribution in [-0.4, -0.2) is 81.5 Å². The second-order valence-corrected chi connectivity index (χ2v) is 14.0. The zero-order chi connectivity index (χ0) is 36.5. The number of aromatic nitrogens is 2. The summed E-state index contributed by atoms with van der Waals surface area (Å²) in [7, 11) is 0. The maximum absolute atomic E-state index is 15.8. The van der Waals surface area contributed by atoms with Gasteiger partial charge >= 0.3 is 0 Å². The van der Waals surface area contributed by atoms with Gasteiger partial charge in [-0.1, -0.05) is 70.0 Å². The maximum atomic E-state index is 15.8. The lowest BCUT2D eigenvalue weighted by Crippen LogP contribution is -2.56. The summed E-state index contributed by atoms with van der Waals surface area (Å²) in [5, 5.41) is 12.7. The average molecular weight is 702 g/mol. The van der Waals surface area contributed by atoms with Gasteiger partial charge < -0.3 is 20.9 Å². The molecule has 3 aromatic rings. The number of amides is 4. The Morgan fingerprint density at radius 1 is 0.922 bits per heavy atom. The Bertz CT molecular complexity index is 1650. The molecule has 1 unspecified atom stereocenters. The van der Waals surface area contributed by atoms with E-state index in [2.05, 4.69) is 45.0 Å². The van der Waals surface area contributed by atoms with Crippen molar-refractivity contribution in [1.29, 1.82) is 0 Å². The van der Waals surface area contributed by atoms with Crippen LogP contribution in [0.5, 0.6) is 0 Å². The van der Waals surface area contributed by atoms with Crippen molar-refractivity contribution in [1.82, 2.24) is 30.2 Å². The van der Waals surface area contributed by atoms with Gasteiger partial charge in [0.2, 0.25) is 17.7 Å².